The summed E-state index contributed by atoms with van der Waals surface area (Å²) in [6.45, 7) is 3.83. The summed E-state index contributed by atoms with van der Waals surface area (Å²) in [5.41, 5.74) is 0. The van der Waals surface area contributed by atoms with E-state index < -0.39 is 6.03 Å². The van der Waals surface area contributed by atoms with Gasteiger partial charge in [-0.05, 0) is 11.5 Å². The molecule has 0 saturated heterocycles. The van der Waals surface area contributed by atoms with Crippen molar-refractivity contribution in [1.29, 1.82) is 0 Å². The Morgan fingerprint density at radius 1 is 0.944 bits per heavy atom. The molecular formula is C11H12N2O3S2. The minimum atomic E-state index is -0.592. The number of hydrogen-bond acceptors (Lipinski definition) is 5. The van der Waals surface area contributed by atoms with E-state index >= 15 is 0 Å². The van der Waals surface area contributed by atoms with Crippen LogP contribution in [0, 0.1) is 0 Å². The number of thioether (sulfide) groups is 2. The van der Waals surface area contributed by atoms with Crippen molar-refractivity contribution in [1.82, 2.24) is 0 Å². The van der Waals surface area contributed by atoms with Crippen molar-refractivity contribution < 1.29 is 15.0 Å². The van der Waals surface area contributed by atoms with Gasteiger partial charge in [-0.25, -0.2) is 4.79 Å². The third-order valence-electron chi connectivity index (χ3n) is 2.30. The molecule has 1 heterocycles. The molecule has 1 aromatic rings. The SMILES string of the molecule is CCSc1c(O)c(O)c(SCC)c2c1=NC(=O)N=2. The van der Waals surface area contributed by atoms with Gasteiger partial charge in [-0.2, -0.15) is 9.98 Å². The van der Waals surface area contributed by atoms with Crippen molar-refractivity contribution in [3.05, 3.63) is 10.7 Å². The first-order valence-corrected chi connectivity index (χ1v) is 7.42. The van der Waals surface area contributed by atoms with Gasteiger partial charge in [0, 0.05) is 0 Å². The molecule has 2 N–H and O–H groups in total. The minimum absolute atomic E-state index is 0.217. The van der Waals surface area contributed by atoms with Crippen LogP contribution in [0.4, 0.5) is 4.79 Å². The molecule has 0 saturated carbocycles. The van der Waals surface area contributed by atoms with Gasteiger partial charge in [0.15, 0.2) is 11.5 Å². The molecule has 0 aromatic heterocycles. The molecule has 0 spiro atoms. The Morgan fingerprint density at radius 2 is 1.33 bits per heavy atom. The molecule has 0 aliphatic carbocycles. The lowest BCUT2D eigenvalue weighted by molar-refractivity contribution is 0.256. The smallest absolute Gasteiger partial charge is 0.368 e. The van der Waals surface area contributed by atoms with Gasteiger partial charge in [-0.15, -0.1) is 23.5 Å². The number of carbonyl (C=O) groups excluding carboxylic acids is 1. The van der Waals surface area contributed by atoms with E-state index in [0.717, 1.165) is 0 Å². The van der Waals surface area contributed by atoms with E-state index in [0.29, 0.717) is 32.0 Å². The van der Waals surface area contributed by atoms with Crippen LogP contribution in [-0.4, -0.2) is 27.7 Å². The van der Waals surface area contributed by atoms with Gasteiger partial charge in [0.1, 0.15) is 10.7 Å². The largest absolute Gasteiger partial charge is 0.503 e. The van der Waals surface area contributed by atoms with Crippen LogP contribution in [0.25, 0.3) is 0 Å². The predicted molar refractivity (Wildman–Crippen MR) is 70.3 cm³/mol. The number of phenols is 2. The Hall–Kier alpha value is -1.21. The molecule has 0 atom stereocenters. The molecule has 5 nitrogen and oxygen atoms in total. The number of benzene rings is 1. The third-order valence-corrected chi connectivity index (χ3v) is 4.23. The van der Waals surface area contributed by atoms with Gasteiger partial charge in [-0.3, -0.25) is 0 Å². The molecule has 0 radical (unpaired) electrons. The zero-order valence-corrected chi connectivity index (χ0v) is 11.6. The van der Waals surface area contributed by atoms with Gasteiger partial charge in [0.05, 0.1) is 9.79 Å². The molecule has 1 aromatic carbocycles. The average Bonchev–Trinajstić information content (AvgIpc) is 2.72. The van der Waals surface area contributed by atoms with Crippen LogP contribution in [-0.2, 0) is 0 Å². The fourth-order valence-electron chi connectivity index (χ4n) is 1.64. The van der Waals surface area contributed by atoms with Crippen molar-refractivity contribution in [2.45, 2.75) is 23.6 Å². The molecular weight excluding hydrogens is 272 g/mol. The average molecular weight is 284 g/mol. The van der Waals surface area contributed by atoms with E-state index in [1.807, 2.05) is 13.8 Å². The number of phenolic OH excluding ortho intramolecular Hbond substituents is 2. The highest BCUT2D eigenvalue weighted by Gasteiger charge is 2.22. The summed E-state index contributed by atoms with van der Waals surface area (Å²) >= 11 is 2.65. The topological polar surface area (TPSA) is 82.2 Å². The van der Waals surface area contributed by atoms with E-state index in [-0.39, 0.29) is 11.5 Å². The third kappa shape index (κ3) is 2.08. The number of urea groups is 1. The Kier molecular flexibility index (Phi) is 3.82. The first-order chi connectivity index (χ1) is 8.60. The highest BCUT2D eigenvalue weighted by Crippen LogP contribution is 2.38. The van der Waals surface area contributed by atoms with Crippen molar-refractivity contribution in [2.24, 2.45) is 9.98 Å². The van der Waals surface area contributed by atoms with Gasteiger partial charge in [-0.1, -0.05) is 13.8 Å². The van der Waals surface area contributed by atoms with E-state index in [2.05, 4.69) is 9.98 Å². The zero-order chi connectivity index (χ0) is 13.3. The summed E-state index contributed by atoms with van der Waals surface area (Å²) in [4.78, 5) is 19.8. The van der Waals surface area contributed by atoms with E-state index in [9.17, 15) is 15.0 Å². The fraction of sp³-hybridized carbons (Fsp3) is 0.364. The minimum Gasteiger partial charge on any atom is -0.503 e. The lowest BCUT2D eigenvalue weighted by Crippen LogP contribution is -2.26. The number of nitrogens with zero attached hydrogens (tertiary/aromatic N) is 2. The number of hydrogen-bond donors (Lipinski definition) is 2. The highest BCUT2D eigenvalue weighted by molar-refractivity contribution is 7.99. The fourth-order valence-corrected chi connectivity index (χ4v) is 3.24. The molecule has 1 aliphatic rings. The summed E-state index contributed by atoms with van der Waals surface area (Å²) in [7, 11) is 0. The second-order valence-corrected chi connectivity index (χ2v) is 5.97. The Balaban J connectivity index is 2.82. The van der Waals surface area contributed by atoms with Crippen molar-refractivity contribution in [2.75, 3.05) is 11.5 Å². The van der Waals surface area contributed by atoms with E-state index in [1.165, 1.54) is 23.5 Å². The normalized spacial score (nSPS) is 13.1. The lowest BCUT2D eigenvalue weighted by atomic mass is 10.3. The van der Waals surface area contributed by atoms with Crippen LogP contribution in [0.5, 0.6) is 11.5 Å². The summed E-state index contributed by atoms with van der Waals surface area (Å²) in [6.07, 6.45) is 0. The lowest BCUT2D eigenvalue weighted by Gasteiger charge is -2.08. The van der Waals surface area contributed by atoms with Crippen LogP contribution < -0.4 is 10.7 Å². The molecule has 2 rings (SSSR count). The number of fused-ring (bicyclic) bond motifs is 1. The van der Waals surface area contributed by atoms with Crippen LogP contribution >= 0.6 is 23.5 Å². The van der Waals surface area contributed by atoms with Crippen LogP contribution in [0.1, 0.15) is 13.8 Å². The summed E-state index contributed by atoms with van der Waals surface area (Å²) in [5.74, 6) is 0.961. The van der Waals surface area contributed by atoms with Gasteiger partial charge < -0.3 is 10.2 Å². The molecule has 1 aliphatic heterocycles. The summed E-state index contributed by atoms with van der Waals surface area (Å²) in [5, 5.41) is 20.7. The van der Waals surface area contributed by atoms with Crippen molar-refractivity contribution in [3.63, 3.8) is 0 Å². The first-order valence-electron chi connectivity index (χ1n) is 5.45. The van der Waals surface area contributed by atoms with Crippen molar-refractivity contribution in [3.8, 4) is 11.5 Å². The number of aromatic hydroxyl groups is 2. The van der Waals surface area contributed by atoms with Crippen LogP contribution in [0.3, 0.4) is 0 Å². The molecule has 0 bridgehead atoms. The molecule has 96 valence electrons. The highest BCUT2D eigenvalue weighted by atomic mass is 32.2. The standard InChI is InChI=1S/C11H12N2O3S2/c1-3-17-9-5-6(13-11(16)12-5)10(18-4-2)8(15)7(9)14/h14-15H,3-4H2,1-2H3. The molecule has 2 amide bonds. The van der Waals surface area contributed by atoms with E-state index in [1.54, 1.807) is 0 Å². The molecule has 0 unspecified atom stereocenters. The van der Waals surface area contributed by atoms with Gasteiger partial charge in [0.25, 0.3) is 0 Å². The first kappa shape index (κ1) is 13.2. The maximum Gasteiger partial charge on any atom is 0.368 e. The Bertz CT molecular complexity index is 575. The quantitative estimate of drug-likeness (QED) is 0.649. The Morgan fingerprint density at radius 3 is 1.67 bits per heavy atom. The predicted octanol–water partition coefficient (Wildman–Crippen LogP) is 1.69. The molecule has 7 heteroatoms. The zero-order valence-electron chi connectivity index (χ0n) is 9.93. The second kappa shape index (κ2) is 5.19. The molecule has 18 heavy (non-hydrogen) atoms. The van der Waals surface area contributed by atoms with Crippen LogP contribution in [0.2, 0.25) is 0 Å². The van der Waals surface area contributed by atoms with Gasteiger partial charge >= 0.3 is 6.03 Å². The van der Waals surface area contributed by atoms with Crippen LogP contribution in [0.15, 0.2) is 19.8 Å². The maximum atomic E-state index is 11.3. The number of rotatable bonds is 4. The maximum absolute atomic E-state index is 11.3. The second-order valence-electron chi connectivity index (χ2n) is 3.42. The monoisotopic (exact) mass is 284 g/mol. The van der Waals surface area contributed by atoms with E-state index in [4.69, 9.17) is 0 Å². The summed E-state index contributed by atoms with van der Waals surface area (Å²) in [6, 6.07) is -0.592. The van der Waals surface area contributed by atoms with Gasteiger partial charge in [0.2, 0.25) is 0 Å². The Labute approximate surface area is 112 Å². The van der Waals surface area contributed by atoms with Crippen molar-refractivity contribution >= 4 is 29.6 Å². The number of amides is 2. The molecule has 0 fully saturated rings. The number of carbonyl (C=O) groups is 1. The summed E-state index contributed by atoms with van der Waals surface area (Å²) < 4.78 is 0.